The number of rotatable bonds is 7. The fourth-order valence-corrected chi connectivity index (χ4v) is 1.79. The Labute approximate surface area is 104 Å². The standard InChI is InChI=1S/C14H20ClN/c1-3-4-10-14(16-11-12(2)15)13-8-6-5-7-9-13/h5-9,14,16H,2-4,10-11H2,1H3. The van der Waals surface area contributed by atoms with E-state index in [1.165, 1.54) is 18.4 Å². The predicted octanol–water partition coefficient (Wildman–Crippen LogP) is 4.26. The summed E-state index contributed by atoms with van der Waals surface area (Å²) in [6.07, 6.45) is 3.58. The van der Waals surface area contributed by atoms with Gasteiger partial charge in [-0.05, 0) is 12.0 Å². The van der Waals surface area contributed by atoms with Gasteiger partial charge in [0.2, 0.25) is 0 Å². The highest BCUT2D eigenvalue weighted by Crippen LogP contribution is 2.19. The average Bonchev–Trinajstić information content (AvgIpc) is 2.30. The zero-order valence-electron chi connectivity index (χ0n) is 9.88. The molecule has 0 saturated heterocycles. The van der Waals surface area contributed by atoms with Crippen LogP contribution in [0.1, 0.15) is 37.8 Å². The van der Waals surface area contributed by atoms with Crippen molar-refractivity contribution < 1.29 is 0 Å². The van der Waals surface area contributed by atoms with E-state index in [2.05, 4.69) is 43.1 Å². The Morgan fingerprint density at radius 1 is 1.38 bits per heavy atom. The van der Waals surface area contributed by atoms with Gasteiger partial charge in [-0.1, -0.05) is 68.3 Å². The number of hydrogen-bond donors (Lipinski definition) is 1. The van der Waals surface area contributed by atoms with Crippen LogP contribution in [0.5, 0.6) is 0 Å². The smallest absolute Gasteiger partial charge is 0.0323 e. The lowest BCUT2D eigenvalue weighted by atomic mass is 10.0. The maximum Gasteiger partial charge on any atom is 0.0323 e. The SMILES string of the molecule is C=C(Cl)CNC(CCCC)c1ccccc1. The lowest BCUT2D eigenvalue weighted by molar-refractivity contribution is 0.503. The molecule has 0 aromatic heterocycles. The van der Waals surface area contributed by atoms with Crippen molar-refractivity contribution in [1.29, 1.82) is 0 Å². The lowest BCUT2D eigenvalue weighted by Gasteiger charge is -2.18. The van der Waals surface area contributed by atoms with Gasteiger partial charge in [-0.25, -0.2) is 0 Å². The number of benzene rings is 1. The summed E-state index contributed by atoms with van der Waals surface area (Å²) in [6, 6.07) is 10.9. The summed E-state index contributed by atoms with van der Waals surface area (Å²) < 4.78 is 0. The third kappa shape index (κ3) is 4.82. The molecule has 1 rings (SSSR count). The summed E-state index contributed by atoms with van der Waals surface area (Å²) in [5.41, 5.74) is 1.33. The molecule has 1 aromatic carbocycles. The fraction of sp³-hybridized carbons (Fsp3) is 0.429. The highest BCUT2D eigenvalue weighted by Gasteiger charge is 2.09. The van der Waals surface area contributed by atoms with E-state index < -0.39 is 0 Å². The quantitative estimate of drug-likeness (QED) is 0.747. The van der Waals surface area contributed by atoms with E-state index >= 15 is 0 Å². The van der Waals surface area contributed by atoms with Crippen LogP contribution in [-0.4, -0.2) is 6.54 Å². The van der Waals surface area contributed by atoms with Crippen LogP contribution in [0.15, 0.2) is 41.9 Å². The van der Waals surface area contributed by atoms with Crippen LogP contribution in [0.4, 0.5) is 0 Å². The van der Waals surface area contributed by atoms with Crippen molar-refractivity contribution in [2.45, 2.75) is 32.2 Å². The van der Waals surface area contributed by atoms with Gasteiger partial charge in [0.15, 0.2) is 0 Å². The molecule has 0 spiro atoms. The van der Waals surface area contributed by atoms with Crippen molar-refractivity contribution >= 4 is 11.6 Å². The molecular formula is C14H20ClN. The topological polar surface area (TPSA) is 12.0 Å². The van der Waals surface area contributed by atoms with Gasteiger partial charge < -0.3 is 5.32 Å². The molecule has 2 heteroatoms. The van der Waals surface area contributed by atoms with Crippen molar-refractivity contribution in [3.8, 4) is 0 Å². The van der Waals surface area contributed by atoms with E-state index in [-0.39, 0.29) is 0 Å². The third-order valence-electron chi connectivity index (χ3n) is 2.59. The molecule has 1 aromatic rings. The summed E-state index contributed by atoms with van der Waals surface area (Å²) in [6.45, 7) is 6.59. The van der Waals surface area contributed by atoms with Crippen LogP contribution in [0.3, 0.4) is 0 Å². The Bertz CT molecular complexity index is 308. The predicted molar refractivity (Wildman–Crippen MR) is 71.7 cm³/mol. The van der Waals surface area contributed by atoms with Gasteiger partial charge in [-0.15, -0.1) is 0 Å². The first-order valence-electron chi connectivity index (χ1n) is 5.85. The van der Waals surface area contributed by atoms with Gasteiger partial charge in [0.25, 0.3) is 0 Å². The van der Waals surface area contributed by atoms with Crippen LogP contribution in [0.2, 0.25) is 0 Å². The van der Waals surface area contributed by atoms with Crippen LogP contribution in [-0.2, 0) is 0 Å². The first-order chi connectivity index (χ1) is 7.74. The molecule has 0 aliphatic carbocycles. The molecule has 1 nitrogen and oxygen atoms in total. The Kier molecular flexibility index (Phi) is 6.20. The van der Waals surface area contributed by atoms with Crippen LogP contribution in [0, 0.1) is 0 Å². The third-order valence-corrected chi connectivity index (χ3v) is 2.72. The van der Waals surface area contributed by atoms with E-state index in [4.69, 9.17) is 11.6 Å². The molecule has 16 heavy (non-hydrogen) atoms. The Balaban J connectivity index is 2.59. The van der Waals surface area contributed by atoms with Crippen LogP contribution < -0.4 is 5.32 Å². The van der Waals surface area contributed by atoms with Gasteiger partial charge >= 0.3 is 0 Å². The minimum atomic E-state index is 0.386. The number of hydrogen-bond acceptors (Lipinski definition) is 1. The first-order valence-corrected chi connectivity index (χ1v) is 6.23. The first kappa shape index (κ1) is 13.3. The van der Waals surface area contributed by atoms with Gasteiger partial charge in [0.05, 0.1) is 0 Å². The molecule has 0 radical (unpaired) electrons. The minimum Gasteiger partial charge on any atom is -0.305 e. The number of halogens is 1. The van der Waals surface area contributed by atoms with Crippen molar-refractivity contribution in [2.24, 2.45) is 0 Å². The van der Waals surface area contributed by atoms with E-state index in [0.29, 0.717) is 17.6 Å². The van der Waals surface area contributed by atoms with E-state index in [9.17, 15) is 0 Å². The molecule has 88 valence electrons. The van der Waals surface area contributed by atoms with Crippen molar-refractivity contribution in [3.63, 3.8) is 0 Å². The Morgan fingerprint density at radius 3 is 2.62 bits per heavy atom. The molecule has 0 aliphatic rings. The summed E-state index contributed by atoms with van der Waals surface area (Å²) in [7, 11) is 0. The molecular weight excluding hydrogens is 218 g/mol. The molecule has 1 atom stereocenters. The van der Waals surface area contributed by atoms with E-state index in [1.54, 1.807) is 0 Å². The van der Waals surface area contributed by atoms with Crippen LogP contribution >= 0.6 is 11.6 Å². The molecule has 0 aliphatic heterocycles. The average molecular weight is 238 g/mol. The highest BCUT2D eigenvalue weighted by molar-refractivity contribution is 6.29. The monoisotopic (exact) mass is 237 g/mol. The van der Waals surface area contributed by atoms with Gasteiger partial charge in [0, 0.05) is 17.6 Å². The van der Waals surface area contributed by atoms with Gasteiger partial charge in [0.1, 0.15) is 0 Å². The largest absolute Gasteiger partial charge is 0.305 e. The molecule has 0 heterocycles. The van der Waals surface area contributed by atoms with Crippen molar-refractivity contribution in [1.82, 2.24) is 5.32 Å². The minimum absolute atomic E-state index is 0.386. The second-order valence-electron chi connectivity index (χ2n) is 4.00. The summed E-state index contributed by atoms with van der Waals surface area (Å²) in [5.74, 6) is 0. The molecule has 0 fully saturated rings. The van der Waals surface area contributed by atoms with Crippen LogP contribution in [0.25, 0.3) is 0 Å². The van der Waals surface area contributed by atoms with Crippen molar-refractivity contribution in [3.05, 3.63) is 47.5 Å². The Hall–Kier alpha value is -0.790. The Morgan fingerprint density at radius 2 is 2.06 bits per heavy atom. The highest BCUT2D eigenvalue weighted by atomic mass is 35.5. The molecule has 0 amide bonds. The normalized spacial score (nSPS) is 12.4. The fourth-order valence-electron chi connectivity index (χ4n) is 1.71. The summed E-state index contributed by atoms with van der Waals surface area (Å²) >= 11 is 5.79. The van der Waals surface area contributed by atoms with Crippen molar-refractivity contribution in [2.75, 3.05) is 6.54 Å². The summed E-state index contributed by atoms with van der Waals surface area (Å²) in [4.78, 5) is 0. The van der Waals surface area contributed by atoms with E-state index in [1.807, 2.05) is 6.07 Å². The molecule has 1 unspecified atom stereocenters. The second-order valence-corrected chi connectivity index (χ2v) is 4.54. The summed E-state index contributed by atoms with van der Waals surface area (Å²) in [5, 5.41) is 4.10. The molecule has 0 saturated carbocycles. The number of unbranched alkanes of at least 4 members (excludes halogenated alkanes) is 1. The van der Waals surface area contributed by atoms with Gasteiger partial charge in [-0.3, -0.25) is 0 Å². The zero-order valence-corrected chi connectivity index (χ0v) is 10.6. The lowest BCUT2D eigenvalue weighted by Crippen LogP contribution is -2.22. The van der Waals surface area contributed by atoms with E-state index in [0.717, 1.165) is 6.42 Å². The second kappa shape index (κ2) is 7.48. The molecule has 1 N–H and O–H groups in total. The maximum absolute atomic E-state index is 5.79. The maximum atomic E-state index is 5.79. The molecule has 0 bridgehead atoms. The number of nitrogens with one attached hydrogen (secondary N) is 1. The zero-order chi connectivity index (χ0) is 11.8. The van der Waals surface area contributed by atoms with Gasteiger partial charge in [-0.2, -0.15) is 0 Å².